The second kappa shape index (κ2) is 10.2. The molecular weight excluding hydrogens is 512 g/mol. The summed E-state index contributed by atoms with van der Waals surface area (Å²) in [4.78, 5) is 30.7. The van der Waals surface area contributed by atoms with Crippen LogP contribution in [-0.2, 0) is 4.79 Å². The van der Waals surface area contributed by atoms with E-state index in [4.69, 9.17) is 9.47 Å². The van der Waals surface area contributed by atoms with Gasteiger partial charge in [0.25, 0.3) is 11.5 Å². The van der Waals surface area contributed by atoms with Crippen molar-refractivity contribution < 1.29 is 14.3 Å². The number of benzene rings is 2. The van der Waals surface area contributed by atoms with Gasteiger partial charge in [0, 0.05) is 16.4 Å². The van der Waals surface area contributed by atoms with E-state index in [9.17, 15) is 14.9 Å². The van der Waals surface area contributed by atoms with Crippen molar-refractivity contribution in [1.29, 1.82) is 5.26 Å². The van der Waals surface area contributed by atoms with Crippen LogP contribution < -0.4 is 20.3 Å². The van der Waals surface area contributed by atoms with Gasteiger partial charge in [-0.2, -0.15) is 10.2 Å². The number of carbonyl (C=O) groups excluding carboxylic acids is 1. The van der Waals surface area contributed by atoms with E-state index in [0.29, 0.717) is 22.8 Å². The summed E-state index contributed by atoms with van der Waals surface area (Å²) >= 11 is 3.37. The molecule has 0 atom stereocenters. The van der Waals surface area contributed by atoms with Crippen molar-refractivity contribution in [3.05, 3.63) is 98.4 Å². The first-order valence-electron chi connectivity index (χ1n) is 10.4. The van der Waals surface area contributed by atoms with Crippen LogP contribution in [0.1, 0.15) is 11.1 Å². The minimum atomic E-state index is -0.680. The van der Waals surface area contributed by atoms with Crippen LogP contribution in [0, 0.1) is 18.3 Å². The number of hydrogen-bond donors (Lipinski definition) is 1. The molecule has 2 aromatic heterocycles. The number of carbonyl (C=O) groups is 1. The Morgan fingerprint density at radius 2 is 1.80 bits per heavy atom. The SMILES string of the molecule is COc1ccc(NC(=O)C(C#N)=Cc2c(Oc3ccc(Br)cc3)nc3c(C)cccn3c2=O)cc1. The molecule has 0 aliphatic heterocycles. The molecular formula is C26H19BrN4O4. The molecule has 0 aliphatic rings. The molecule has 1 N–H and O–H groups in total. The van der Waals surface area contributed by atoms with Gasteiger partial charge in [-0.3, -0.25) is 14.0 Å². The number of anilines is 1. The number of amides is 1. The van der Waals surface area contributed by atoms with Gasteiger partial charge < -0.3 is 14.8 Å². The molecule has 0 saturated carbocycles. The van der Waals surface area contributed by atoms with Crippen LogP contribution in [0.3, 0.4) is 0 Å². The molecule has 8 nitrogen and oxygen atoms in total. The minimum absolute atomic E-state index is 0.0170. The number of methoxy groups -OCH3 is 1. The average Bonchev–Trinajstić information content (AvgIpc) is 2.86. The summed E-state index contributed by atoms with van der Waals surface area (Å²) in [5, 5.41) is 12.3. The molecule has 174 valence electrons. The Bertz CT molecular complexity index is 1540. The molecule has 0 saturated heterocycles. The standard InChI is InChI=1S/C26H19BrN4O4/c1-16-4-3-13-31-23(16)30-25(35-21-9-5-18(27)6-10-21)22(26(31)33)14-17(15-28)24(32)29-19-7-11-20(34-2)12-8-19/h3-14H,1-2H3,(H,29,32). The average molecular weight is 531 g/mol. The number of aryl methyl sites for hydroxylation is 1. The molecule has 4 rings (SSSR count). The van der Waals surface area contributed by atoms with E-state index in [0.717, 1.165) is 10.0 Å². The summed E-state index contributed by atoms with van der Waals surface area (Å²) in [5.74, 6) is 0.367. The van der Waals surface area contributed by atoms with Crippen LogP contribution in [0.25, 0.3) is 11.7 Å². The second-order valence-electron chi connectivity index (χ2n) is 7.43. The van der Waals surface area contributed by atoms with Crippen molar-refractivity contribution in [3.63, 3.8) is 0 Å². The number of hydrogen-bond acceptors (Lipinski definition) is 6. The van der Waals surface area contributed by atoms with Gasteiger partial charge in [-0.25, -0.2) is 0 Å². The van der Waals surface area contributed by atoms with E-state index >= 15 is 0 Å². The molecule has 0 radical (unpaired) electrons. The Hall–Kier alpha value is -4.42. The molecule has 2 heterocycles. The molecule has 0 unspecified atom stereocenters. The quantitative estimate of drug-likeness (QED) is 0.274. The molecule has 0 spiro atoms. The number of ether oxygens (including phenoxy) is 2. The first-order chi connectivity index (χ1) is 16.9. The molecule has 1 amide bonds. The number of nitrogens with zero attached hydrogens (tertiary/aromatic N) is 3. The third kappa shape index (κ3) is 5.23. The topological polar surface area (TPSA) is 106 Å². The number of fused-ring (bicyclic) bond motifs is 1. The van der Waals surface area contributed by atoms with Crippen molar-refractivity contribution in [1.82, 2.24) is 9.38 Å². The van der Waals surface area contributed by atoms with E-state index in [1.165, 1.54) is 17.6 Å². The highest BCUT2D eigenvalue weighted by Gasteiger charge is 2.18. The highest BCUT2D eigenvalue weighted by Crippen LogP contribution is 2.26. The molecule has 35 heavy (non-hydrogen) atoms. The third-order valence-electron chi connectivity index (χ3n) is 5.08. The molecule has 4 aromatic rings. The first-order valence-corrected chi connectivity index (χ1v) is 11.2. The minimum Gasteiger partial charge on any atom is -0.497 e. The molecule has 0 bridgehead atoms. The second-order valence-corrected chi connectivity index (χ2v) is 8.34. The monoisotopic (exact) mass is 530 g/mol. The predicted molar refractivity (Wildman–Crippen MR) is 136 cm³/mol. The van der Waals surface area contributed by atoms with Crippen LogP contribution in [0.4, 0.5) is 5.69 Å². The lowest BCUT2D eigenvalue weighted by Gasteiger charge is -2.12. The molecule has 0 aliphatic carbocycles. The molecule has 0 fully saturated rings. The maximum absolute atomic E-state index is 13.4. The van der Waals surface area contributed by atoms with E-state index in [-0.39, 0.29) is 17.0 Å². The van der Waals surface area contributed by atoms with Crippen molar-refractivity contribution in [2.24, 2.45) is 0 Å². The summed E-state index contributed by atoms with van der Waals surface area (Å²) in [6.07, 6.45) is 2.76. The van der Waals surface area contributed by atoms with Gasteiger partial charge in [0.1, 0.15) is 34.4 Å². The lowest BCUT2D eigenvalue weighted by molar-refractivity contribution is -0.112. The van der Waals surface area contributed by atoms with Gasteiger partial charge in [-0.05, 0) is 73.2 Å². The summed E-state index contributed by atoms with van der Waals surface area (Å²) in [6.45, 7) is 1.82. The smallest absolute Gasteiger partial charge is 0.269 e. The van der Waals surface area contributed by atoms with Gasteiger partial charge in [-0.1, -0.05) is 22.0 Å². The Labute approximate surface area is 209 Å². The van der Waals surface area contributed by atoms with Crippen LogP contribution in [0.2, 0.25) is 0 Å². The van der Waals surface area contributed by atoms with Gasteiger partial charge in [0.05, 0.1) is 7.11 Å². The van der Waals surface area contributed by atoms with E-state index in [2.05, 4.69) is 26.2 Å². The number of nitrogens with one attached hydrogen (secondary N) is 1. The fourth-order valence-electron chi connectivity index (χ4n) is 3.27. The lowest BCUT2D eigenvalue weighted by atomic mass is 10.1. The maximum Gasteiger partial charge on any atom is 0.269 e. The van der Waals surface area contributed by atoms with Gasteiger partial charge in [0.15, 0.2) is 0 Å². The highest BCUT2D eigenvalue weighted by atomic mass is 79.9. The molecule has 2 aromatic carbocycles. The van der Waals surface area contributed by atoms with Crippen molar-refractivity contribution in [2.75, 3.05) is 12.4 Å². The van der Waals surface area contributed by atoms with Gasteiger partial charge >= 0.3 is 0 Å². The van der Waals surface area contributed by atoms with E-state index in [1.54, 1.807) is 60.8 Å². The maximum atomic E-state index is 13.4. The Balaban J connectivity index is 1.79. The van der Waals surface area contributed by atoms with E-state index < -0.39 is 11.5 Å². The van der Waals surface area contributed by atoms with Crippen LogP contribution >= 0.6 is 15.9 Å². The number of rotatable bonds is 6. The molecule has 9 heteroatoms. The predicted octanol–water partition coefficient (Wildman–Crippen LogP) is 5.11. The number of pyridine rings is 1. The number of nitriles is 1. The summed E-state index contributed by atoms with van der Waals surface area (Å²) < 4.78 is 13.3. The van der Waals surface area contributed by atoms with Gasteiger partial charge in [-0.15, -0.1) is 0 Å². The Morgan fingerprint density at radius 3 is 2.46 bits per heavy atom. The third-order valence-corrected chi connectivity index (χ3v) is 5.61. The van der Waals surface area contributed by atoms with Crippen LogP contribution in [0.15, 0.2) is 81.7 Å². The summed E-state index contributed by atoms with van der Waals surface area (Å²) in [7, 11) is 1.54. The first kappa shape index (κ1) is 23.7. The normalized spacial score (nSPS) is 11.1. The zero-order valence-corrected chi connectivity index (χ0v) is 20.4. The van der Waals surface area contributed by atoms with Gasteiger partial charge in [0.2, 0.25) is 5.88 Å². The lowest BCUT2D eigenvalue weighted by Crippen LogP contribution is -2.20. The fraction of sp³-hybridized carbons (Fsp3) is 0.0769. The van der Waals surface area contributed by atoms with Crippen molar-refractivity contribution >= 4 is 39.2 Å². The van der Waals surface area contributed by atoms with Crippen LogP contribution in [-0.4, -0.2) is 22.4 Å². The Kier molecular flexibility index (Phi) is 6.94. The number of aromatic nitrogens is 2. The fourth-order valence-corrected chi connectivity index (χ4v) is 3.54. The van der Waals surface area contributed by atoms with Crippen molar-refractivity contribution in [3.8, 4) is 23.4 Å². The Morgan fingerprint density at radius 1 is 1.11 bits per heavy atom. The zero-order valence-electron chi connectivity index (χ0n) is 18.8. The van der Waals surface area contributed by atoms with Crippen molar-refractivity contribution in [2.45, 2.75) is 6.92 Å². The largest absolute Gasteiger partial charge is 0.497 e. The summed E-state index contributed by atoms with van der Waals surface area (Å²) in [5.41, 5.74) is 0.843. The highest BCUT2D eigenvalue weighted by molar-refractivity contribution is 9.10. The number of halogens is 1. The zero-order chi connectivity index (χ0) is 24.9. The van der Waals surface area contributed by atoms with Crippen LogP contribution in [0.5, 0.6) is 17.4 Å². The van der Waals surface area contributed by atoms with E-state index in [1.807, 2.05) is 19.1 Å². The summed E-state index contributed by atoms with van der Waals surface area (Å²) in [6, 6.07) is 19.0.